The molecule has 2 heterocycles. The Labute approximate surface area is 110 Å². The number of aromatic amines is 1. The summed E-state index contributed by atoms with van der Waals surface area (Å²) < 4.78 is 0. The van der Waals surface area contributed by atoms with Crippen molar-refractivity contribution in [2.45, 2.75) is 13.3 Å². The number of hydrogen-bond donors (Lipinski definition) is 1. The number of hydrogen-bond acceptors (Lipinski definition) is 2. The van der Waals surface area contributed by atoms with Gasteiger partial charge < -0.3 is 9.88 Å². The number of aromatic nitrogens is 1. The van der Waals surface area contributed by atoms with Gasteiger partial charge in [0.05, 0.1) is 0 Å². The van der Waals surface area contributed by atoms with Crippen molar-refractivity contribution in [3.63, 3.8) is 0 Å². The van der Waals surface area contributed by atoms with Crippen molar-refractivity contribution in [2.24, 2.45) is 0 Å². The summed E-state index contributed by atoms with van der Waals surface area (Å²) in [7, 11) is 0. The van der Waals surface area contributed by atoms with Crippen LogP contribution in [0.1, 0.15) is 21.6 Å². The Balaban J connectivity index is 2.00. The number of anilines is 1. The molecular weight excluding hydrogens is 240 g/mol. The number of benzene rings is 1. The minimum atomic E-state index is -0.240. The molecule has 19 heavy (non-hydrogen) atoms. The van der Waals surface area contributed by atoms with E-state index in [9.17, 15) is 9.59 Å². The van der Waals surface area contributed by atoms with Gasteiger partial charge in [-0.25, -0.2) is 0 Å². The van der Waals surface area contributed by atoms with E-state index in [1.807, 2.05) is 24.3 Å². The smallest absolute Gasteiger partial charge is 0.258 e. The van der Waals surface area contributed by atoms with Crippen LogP contribution in [0.25, 0.3) is 0 Å². The van der Waals surface area contributed by atoms with Crippen molar-refractivity contribution in [1.82, 2.24) is 4.98 Å². The normalized spacial score (nSPS) is 13.4. The maximum absolute atomic E-state index is 12.5. The van der Waals surface area contributed by atoms with Crippen LogP contribution >= 0.6 is 0 Å². The third-order valence-corrected chi connectivity index (χ3v) is 3.36. The van der Waals surface area contributed by atoms with E-state index in [0.717, 1.165) is 12.1 Å². The molecule has 0 bridgehead atoms. The zero-order valence-corrected chi connectivity index (χ0v) is 10.6. The second-order valence-corrected chi connectivity index (χ2v) is 4.75. The molecule has 1 N–H and O–H groups in total. The van der Waals surface area contributed by atoms with Crippen LogP contribution in [0.4, 0.5) is 5.69 Å². The van der Waals surface area contributed by atoms with E-state index >= 15 is 0 Å². The van der Waals surface area contributed by atoms with E-state index in [1.54, 1.807) is 17.9 Å². The third-order valence-electron chi connectivity index (χ3n) is 3.36. The number of nitrogens with one attached hydrogen (secondary N) is 1. The Morgan fingerprint density at radius 3 is 2.84 bits per heavy atom. The standard InChI is InChI=1S/C15H14N2O2/c1-10-8-12(9-14(18)16-10)15(19)17-7-6-11-4-2-3-5-13(11)17/h2-5,8-9H,6-7H2,1H3,(H,16,18). The average molecular weight is 254 g/mol. The Morgan fingerprint density at radius 2 is 2.05 bits per heavy atom. The monoisotopic (exact) mass is 254 g/mol. The highest BCUT2D eigenvalue weighted by molar-refractivity contribution is 6.07. The van der Waals surface area contributed by atoms with Gasteiger partial charge in [0, 0.05) is 29.6 Å². The van der Waals surface area contributed by atoms with Gasteiger partial charge in [0.25, 0.3) is 5.91 Å². The summed E-state index contributed by atoms with van der Waals surface area (Å²) in [6.45, 7) is 2.44. The van der Waals surface area contributed by atoms with Crippen LogP contribution in [-0.2, 0) is 6.42 Å². The van der Waals surface area contributed by atoms with Crippen LogP contribution in [0.2, 0.25) is 0 Å². The maximum Gasteiger partial charge on any atom is 0.258 e. The number of H-pyrrole nitrogens is 1. The molecule has 0 radical (unpaired) electrons. The van der Waals surface area contributed by atoms with Gasteiger partial charge in [0.1, 0.15) is 0 Å². The molecule has 0 unspecified atom stereocenters. The lowest BCUT2D eigenvalue weighted by molar-refractivity contribution is 0.0989. The fourth-order valence-corrected chi connectivity index (χ4v) is 2.51. The van der Waals surface area contributed by atoms with Crippen LogP contribution in [0.3, 0.4) is 0 Å². The van der Waals surface area contributed by atoms with Crippen LogP contribution in [0.5, 0.6) is 0 Å². The Kier molecular flexibility index (Phi) is 2.71. The molecule has 0 spiro atoms. The summed E-state index contributed by atoms with van der Waals surface area (Å²) >= 11 is 0. The molecule has 0 aliphatic carbocycles. The highest BCUT2D eigenvalue weighted by atomic mass is 16.2. The van der Waals surface area contributed by atoms with Gasteiger partial charge in [-0.05, 0) is 31.0 Å². The van der Waals surface area contributed by atoms with Crippen LogP contribution in [0.15, 0.2) is 41.2 Å². The van der Waals surface area contributed by atoms with Gasteiger partial charge in [-0.1, -0.05) is 18.2 Å². The maximum atomic E-state index is 12.5. The lowest BCUT2D eigenvalue weighted by Gasteiger charge is -2.17. The topological polar surface area (TPSA) is 53.2 Å². The molecule has 0 saturated carbocycles. The first-order valence-electron chi connectivity index (χ1n) is 6.26. The SMILES string of the molecule is Cc1cc(C(=O)N2CCc3ccccc32)cc(=O)[nH]1. The van der Waals surface area contributed by atoms with Crippen LogP contribution in [0, 0.1) is 6.92 Å². The van der Waals surface area contributed by atoms with Crippen molar-refractivity contribution < 1.29 is 4.79 Å². The molecule has 96 valence electrons. The Morgan fingerprint density at radius 1 is 1.26 bits per heavy atom. The number of rotatable bonds is 1. The van der Waals surface area contributed by atoms with Crippen molar-refractivity contribution in [2.75, 3.05) is 11.4 Å². The first kappa shape index (κ1) is 11.7. The summed E-state index contributed by atoms with van der Waals surface area (Å²) in [4.78, 5) is 28.3. The largest absolute Gasteiger partial charge is 0.326 e. The molecule has 2 aromatic rings. The Hall–Kier alpha value is -2.36. The fourth-order valence-electron chi connectivity index (χ4n) is 2.51. The van der Waals surface area contributed by atoms with Crippen molar-refractivity contribution in [3.05, 3.63) is 63.6 Å². The predicted molar refractivity (Wildman–Crippen MR) is 73.6 cm³/mol. The second kappa shape index (κ2) is 4.39. The van der Waals surface area contributed by atoms with Gasteiger partial charge in [-0.2, -0.15) is 0 Å². The third kappa shape index (κ3) is 2.05. The molecular formula is C15H14N2O2. The molecule has 0 fully saturated rings. The van der Waals surface area contributed by atoms with Gasteiger partial charge in [-0.15, -0.1) is 0 Å². The van der Waals surface area contributed by atoms with Crippen molar-refractivity contribution >= 4 is 11.6 Å². The predicted octanol–water partition coefficient (Wildman–Crippen LogP) is 1.89. The lowest BCUT2D eigenvalue weighted by Crippen LogP contribution is -2.30. The minimum absolute atomic E-state index is 0.112. The van der Waals surface area contributed by atoms with Gasteiger partial charge in [0.2, 0.25) is 5.56 Å². The number of pyridine rings is 1. The summed E-state index contributed by atoms with van der Waals surface area (Å²) in [6, 6.07) is 10.9. The lowest BCUT2D eigenvalue weighted by atomic mass is 10.1. The molecule has 1 aliphatic heterocycles. The van der Waals surface area contributed by atoms with E-state index in [-0.39, 0.29) is 11.5 Å². The molecule has 0 saturated heterocycles. The Bertz CT molecular complexity index is 703. The summed E-state index contributed by atoms with van der Waals surface area (Å²) in [5, 5.41) is 0. The van der Waals surface area contributed by atoms with Gasteiger partial charge in [0.15, 0.2) is 0 Å². The highest BCUT2D eigenvalue weighted by Crippen LogP contribution is 2.28. The fraction of sp³-hybridized carbons (Fsp3) is 0.200. The molecule has 1 amide bonds. The van der Waals surface area contributed by atoms with Crippen molar-refractivity contribution in [3.8, 4) is 0 Å². The van der Waals surface area contributed by atoms with Crippen LogP contribution < -0.4 is 10.5 Å². The first-order chi connectivity index (χ1) is 9.15. The van der Waals surface area contributed by atoms with Crippen molar-refractivity contribution in [1.29, 1.82) is 0 Å². The quantitative estimate of drug-likeness (QED) is 0.844. The molecule has 4 heteroatoms. The van der Waals surface area contributed by atoms with E-state index in [0.29, 0.717) is 17.8 Å². The number of carbonyl (C=O) groups is 1. The number of fused-ring (bicyclic) bond motifs is 1. The van der Waals surface area contributed by atoms with Gasteiger partial charge in [-0.3, -0.25) is 9.59 Å². The number of para-hydroxylation sites is 1. The average Bonchev–Trinajstić information content (AvgIpc) is 2.80. The number of amides is 1. The van der Waals surface area contributed by atoms with E-state index in [2.05, 4.69) is 4.98 Å². The number of carbonyl (C=O) groups excluding carboxylic acids is 1. The molecule has 0 atom stereocenters. The summed E-state index contributed by atoms with van der Waals surface area (Å²) in [5.41, 5.74) is 3.03. The molecule has 3 rings (SSSR count). The first-order valence-corrected chi connectivity index (χ1v) is 6.26. The minimum Gasteiger partial charge on any atom is -0.326 e. The zero-order chi connectivity index (χ0) is 13.4. The zero-order valence-electron chi connectivity index (χ0n) is 10.6. The number of aryl methyl sites for hydroxylation is 1. The summed E-state index contributed by atoms with van der Waals surface area (Å²) in [6.07, 6.45) is 0.865. The van der Waals surface area contributed by atoms with Gasteiger partial charge >= 0.3 is 0 Å². The van der Waals surface area contributed by atoms with E-state index in [4.69, 9.17) is 0 Å². The molecule has 1 aromatic carbocycles. The van der Waals surface area contributed by atoms with Crippen LogP contribution in [-0.4, -0.2) is 17.4 Å². The summed E-state index contributed by atoms with van der Waals surface area (Å²) in [5.74, 6) is -0.112. The molecule has 1 aromatic heterocycles. The molecule has 4 nitrogen and oxygen atoms in total. The van der Waals surface area contributed by atoms with E-state index in [1.165, 1.54) is 11.6 Å². The highest BCUT2D eigenvalue weighted by Gasteiger charge is 2.25. The molecule has 1 aliphatic rings. The second-order valence-electron chi connectivity index (χ2n) is 4.75. The number of nitrogens with zero attached hydrogens (tertiary/aromatic N) is 1. The van der Waals surface area contributed by atoms with E-state index < -0.39 is 0 Å².